The third-order valence-corrected chi connectivity index (χ3v) is 13.8. The van der Waals surface area contributed by atoms with Crippen LogP contribution in [0.1, 0.15) is 98.5 Å². The van der Waals surface area contributed by atoms with Crippen molar-refractivity contribution < 1.29 is 55.9 Å². The Morgan fingerprint density at radius 3 is 1.31 bits per heavy atom. The van der Waals surface area contributed by atoms with Gasteiger partial charge in [0.25, 0.3) is 12.9 Å². The standard InChI is InChI=1S/C30H38F2N2O4.C29H36F2N2O4/c1-18-8-10-21(11-9-18)25-22-16-19(2)34-13-12-33(14-15-37-17-23(31)32)26(27(22)34)20(3)24(25)28(29(35)36-7)38-30(4,5)6;1-17-7-9-20(10-8-17)24-21-15-18(2)33-12-11-32(13-14-36-16-22(30)31)25(26(21)33)19(3)23(24)27(28(34)35)37-29(4,5)6/h8-11,16,23,28H,12-15,17H2,1-7H3;7-10,15,22,27H,11-14,16H2,1-6H3,(H,34,35)/t28-;27-/m00/s1. The third-order valence-electron chi connectivity index (χ3n) is 13.8. The molecular weight excluding hydrogens is 969 g/mol. The number of carbonyl (C=O) groups is 2. The first-order chi connectivity index (χ1) is 35.3. The number of aliphatic carboxylic acids is 1. The van der Waals surface area contributed by atoms with Crippen LogP contribution in [0.3, 0.4) is 0 Å². The van der Waals surface area contributed by atoms with Gasteiger partial charge in [-0.05, 0) is 129 Å². The molecule has 0 amide bonds. The number of ether oxygens (including phenoxy) is 5. The first kappa shape index (κ1) is 56.8. The molecule has 2 atom stereocenters. The lowest BCUT2D eigenvalue weighted by Gasteiger charge is -2.36. The van der Waals surface area contributed by atoms with E-state index in [0.29, 0.717) is 31.7 Å². The first-order valence-corrected chi connectivity index (χ1v) is 25.7. The van der Waals surface area contributed by atoms with E-state index in [-0.39, 0.29) is 13.2 Å². The monoisotopic (exact) mass is 1040 g/mol. The van der Waals surface area contributed by atoms with Crippen molar-refractivity contribution in [1.29, 1.82) is 0 Å². The molecule has 75 heavy (non-hydrogen) atoms. The summed E-state index contributed by atoms with van der Waals surface area (Å²) in [7, 11) is 1.37. The van der Waals surface area contributed by atoms with Crippen LogP contribution in [0.2, 0.25) is 0 Å². The summed E-state index contributed by atoms with van der Waals surface area (Å²) in [4.78, 5) is 30.3. The second kappa shape index (κ2) is 23.1. The van der Waals surface area contributed by atoms with Crippen molar-refractivity contribution in [3.63, 3.8) is 0 Å². The number of hydrogen-bond acceptors (Lipinski definition) is 9. The summed E-state index contributed by atoms with van der Waals surface area (Å²) in [5, 5.41) is 12.4. The van der Waals surface area contributed by atoms with Gasteiger partial charge in [-0.2, -0.15) is 0 Å². The van der Waals surface area contributed by atoms with E-state index in [1.165, 1.54) is 7.11 Å². The van der Waals surface area contributed by atoms with Gasteiger partial charge < -0.3 is 47.7 Å². The molecule has 1 N–H and O–H groups in total. The van der Waals surface area contributed by atoms with Crippen molar-refractivity contribution in [2.75, 3.05) is 69.5 Å². The maximum Gasteiger partial charge on any atom is 0.339 e. The lowest BCUT2D eigenvalue weighted by atomic mass is 9.87. The SMILES string of the molecule is COC(=O)[C@@H](OC(C)(C)C)c1c(C)c2c3c(cc(C)n3CCN2CCOCC(F)F)c1-c1ccc(C)cc1.Cc1ccc(-c2c([C@H](OC(C)(C)C)C(=O)O)c(C)c3c4c2cc(C)n4CCN3CCOCC(F)F)cc1. The van der Waals surface area contributed by atoms with Gasteiger partial charge in [-0.15, -0.1) is 0 Å². The van der Waals surface area contributed by atoms with E-state index in [9.17, 15) is 32.3 Å². The molecule has 2 aromatic heterocycles. The molecule has 0 radical (unpaired) electrons. The molecule has 0 unspecified atom stereocenters. The highest BCUT2D eigenvalue weighted by Crippen LogP contribution is 2.50. The number of esters is 1. The number of methoxy groups -OCH3 is 1. The molecule has 0 aliphatic carbocycles. The van der Waals surface area contributed by atoms with Gasteiger partial charge in [0.2, 0.25) is 0 Å². The molecule has 406 valence electrons. The summed E-state index contributed by atoms with van der Waals surface area (Å²) in [6.45, 7) is 26.3. The number of halogens is 4. The van der Waals surface area contributed by atoms with Gasteiger partial charge in [0.15, 0.2) is 12.2 Å². The van der Waals surface area contributed by atoms with Crippen LogP contribution in [-0.2, 0) is 46.4 Å². The molecule has 4 aromatic carbocycles. The average Bonchev–Trinajstić information content (AvgIpc) is 3.85. The van der Waals surface area contributed by atoms with E-state index in [1.54, 1.807) is 0 Å². The summed E-state index contributed by atoms with van der Waals surface area (Å²) >= 11 is 0. The molecule has 4 heterocycles. The maximum absolute atomic E-state index is 13.3. The van der Waals surface area contributed by atoms with E-state index in [0.717, 1.165) is 108 Å². The quantitative estimate of drug-likeness (QED) is 0.0507. The summed E-state index contributed by atoms with van der Waals surface area (Å²) in [6.07, 6.45) is -7.17. The molecule has 6 aromatic rings. The van der Waals surface area contributed by atoms with Crippen molar-refractivity contribution in [3.05, 3.63) is 105 Å². The highest BCUT2D eigenvalue weighted by atomic mass is 19.3. The molecule has 2 aliphatic heterocycles. The molecular formula is C59H74F4N4O8. The van der Waals surface area contributed by atoms with Crippen molar-refractivity contribution in [2.24, 2.45) is 0 Å². The molecule has 2 aliphatic rings. The van der Waals surface area contributed by atoms with Crippen LogP contribution in [0, 0.1) is 41.5 Å². The Kier molecular flexibility index (Phi) is 17.5. The van der Waals surface area contributed by atoms with Gasteiger partial charge in [-0.3, -0.25) is 0 Å². The number of aryl methyl sites for hydroxylation is 4. The number of anilines is 2. The average molecular weight is 1040 g/mol. The lowest BCUT2D eigenvalue weighted by molar-refractivity contribution is -0.164. The molecule has 12 nitrogen and oxygen atoms in total. The first-order valence-electron chi connectivity index (χ1n) is 25.7. The maximum atomic E-state index is 13.3. The van der Waals surface area contributed by atoms with E-state index in [1.807, 2.05) is 93.5 Å². The molecule has 16 heteroatoms. The van der Waals surface area contributed by atoms with Gasteiger partial charge in [0.1, 0.15) is 13.2 Å². The van der Waals surface area contributed by atoms with Crippen LogP contribution < -0.4 is 9.80 Å². The van der Waals surface area contributed by atoms with Gasteiger partial charge in [0, 0.05) is 72.6 Å². The molecule has 0 saturated heterocycles. The minimum Gasteiger partial charge on any atom is -0.479 e. The van der Waals surface area contributed by atoms with Crippen LogP contribution >= 0.6 is 0 Å². The van der Waals surface area contributed by atoms with Gasteiger partial charge in [0.05, 0.1) is 53.9 Å². The lowest BCUT2D eigenvalue weighted by Crippen LogP contribution is -2.36. The van der Waals surface area contributed by atoms with Crippen molar-refractivity contribution >= 4 is 45.1 Å². The van der Waals surface area contributed by atoms with Crippen LogP contribution in [0.25, 0.3) is 44.1 Å². The fourth-order valence-electron chi connectivity index (χ4n) is 10.7. The summed E-state index contributed by atoms with van der Waals surface area (Å²) < 4.78 is 83.4. The number of nitrogens with zero attached hydrogens (tertiary/aromatic N) is 4. The summed E-state index contributed by atoms with van der Waals surface area (Å²) in [6, 6.07) is 20.7. The van der Waals surface area contributed by atoms with Crippen LogP contribution in [0.15, 0.2) is 60.7 Å². The van der Waals surface area contributed by atoms with Crippen molar-refractivity contribution in [2.45, 2.75) is 132 Å². The minimum absolute atomic E-state index is 0.154. The Balaban J connectivity index is 0.000000219. The topological polar surface area (TPSA) is 117 Å². The second-order valence-electron chi connectivity index (χ2n) is 21.6. The third kappa shape index (κ3) is 12.5. The number of carbonyl (C=O) groups excluding carboxylic acids is 1. The summed E-state index contributed by atoms with van der Waals surface area (Å²) in [5.74, 6) is -1.53. The van der Waals surface area contributed by atoms with E-state index in [2.05, 4.69) is 69.2 Å². The highest BCUT2D eigenvalue weighted by molar-refractivity contribution is 6.09. The van der Waals surface area contributed by atoms with Crippen molar-refractivity contribution in [3.8, 4) is 22.3 Å². The predicted octanol–water partition coefficient (Wildman–Crippen LogP) is 12.6. The Morgan fingerprint density at radius 1 is 0.587 bits per heavy atom. The number of hydrogen-bond donors (Lipinski definition) is 1. The smallest absolute Gasteiger partial charge is 0.339 e. The predicted molar refractivity (Wildman–Crippen MR) is 288 cm³/mol. The molecule has 0 bridgehead atoms. The number of carboxylic acid groups (broad SMARTS) is 1. The molecule has 0 fully saturated rings. The number of benzene rings is 4. The number of aromatic nitrogens is 2. The fourth-order valence-corrected chi connectivity index (χ4v) is 10.7. The minimum atomic E-state index is -2.51. The Morgan fingerprint density at radius 2 is 0.960 bits per heavy atom. The molecule has 0 saturated carbocycles. The molecule has 8 rings (SSSR count). The van der Waals surface area contributed by atoms with Gasteiger partial charge >= 0.3 is 11.9 Å². The number of rotatable bonds is 18. The Labute approximate surface area is 438 Å². The molecule has 0 spiro atoms. The fraction of sp³-hybridized carbons (Fsp3) is 0.492. The second-order valence-corrected chi connectivity index (χ2v) is 21.6. The normalized spacial score (nSPS) is 14.5. The zero-order valence-corrected chi connectivity index (χ0v) is 45.8. The van der Waals surface area contributed by atoms with Crippen LogP contribution in [-0.4, -0.2) is 110 Å². The largest absolute Gasteiger partial charge is 0.479 e. The summed E-state index contributed by atoms with van der Waals surface area (Å²) in [5.41, 5.74) is 13.9. The van der Waals surface area contributed by atoms with E-state index >= 15 is 0 Å². The van der Waals surface area contributed by atoms with Crippen LogP contribution in [0.4, 0.5) is 28.9 Å². The highest BCUT2D eigenvalue weighted by Gasteiger charge is 2.38. The van der Waals surface area contributed by atoms with E-state index in [4.69, 9.17) is 23.7 Å². The van der Waals surface area contributed by atoms with E-state index < -0.39 is 61.4 Å². The van der Waals surface area contributed by atoms with Crippen LogP contribution in [0.5, 0.6) is 0 Å². The number of alkyl halides is 4. The van der Waals surface area contributed by atoms with Gasteiger partial charge in [-0.1, -0.05) is 59.7 Å². The zero-order valence-electron chi connectivity index (χ0n) is 45.8. The zero-order chi connectivity index (χ0) is 54.8. The van der Waals surface area contributed by atoms with Gasteiger partial charge in [-0.25, -0.2) is 27.2 Å². The Bertz CT molecular complexity index is 3010. The Hall–Kier alpha value is -5.94. The number of carboxylic acids is 1. The van der Waals surface area contributed by atoms with Crippen molar-refractivity contribution in [1.82, 2.24) is 9.13 Å².